The Balaban J connectivity index is 1.77. The van der Waals surface area contributed by atoms with Gasteiger partial charge in [0.1, 0.15) is 6.61 Å². The first-order valence-corrected chi connectivity index (χ1v) is 9.28. The molecule has 0 unspecified atom stereocenters. The molecule has 2 atom stereocenters. The first-order chi connectivity index (χ1) is 13.5. The SMILES string of the molecule is COCc1cc(CNC(=O)[C@H]2OCC(=O)N(C(C)C)[C@@H]2c2ccccc2)[nH]n1. The fraction of sp³-hybridized carbons (Fsp3) is 0.450. The Labute approximate surface area is 164 Å². The van der Waals surface area contributed by atoms with Gasteiger partial charge in [0.25, 0.3) is 5.91 Å². The van der Waals surface area contributed by atoms with Gasteiger partial charge in [-0.05, 0) is 25.5 Å². The molecule has 2 heterocycles. The normalized spacial score (nSPS) is 19.9. The van der Waals surface area contributed by atoms with Gasteiger partial charge in [-0.3, -0.25) is 14.7 Å². The Hall–Kier alpha value is -2.71. The van der Waals surface area contributed by atoms with E-state index in [0.717, 1.165) is 17.0 Å². The van der Waals surface area contributed by atoms with Gasteiger partial charge in [0.05, 0.1) is 30.6 Å². The second-order valence-corrected chi connectivity index (χ2v) is 7.02. The Bertz CT molecular complexity index is 806. The van der Waals surface area contributed by atoms with E-state index in [9.17, 15) is 9.59 Å². The van der Waals surface area contributed by atoms with Gasteiger partial charge in [-0.15, -0.1) is 0 Å². The number of nitrogens with zero attached hydrogens (tertiary/aromatic N) is 2. The molecular weight excluding hydrogens is 360 g/mol. The van der Waals surface area contributed by atoms with Crippen LogP contribution < -0.4 is 5.32 Å². The molecule has 1 aliphatic rings. The van der Waals surface area contributed by atoms with Crippen LogP contribution in [0.25, 0.3) is 0 Å². The third-order valence-electron chi connectivity index (χ3n) is 4.65. The number of methoxy groups -OCH3 is 1. The lowest BCUT2D eigenvalue weighted by Gasteiger charge is -2.42. The van der Waals surface area contributed by atoms with E-state index in [1.807, 2.05) is 50.2 Å². The third kappa shape index (κ3) is 4.40. The summed E-state index contributed by atoms with van der Waals surface area (Å²) in [5.41, 5.74) is 2.40. The lowest BCUT2D eigenvalue weighted by Crippen LogP contribution is -2.56. The number of nitrogens with one attached hydrogen (secondary N) is 2. The number of rotatable bonds is 7. The molecule has 0 aliphatic carbocycles. The number of aromatic amines is 1. The number of ether oxygens (including phenoxy) is 2. The minimum atomic E-state index is -0.788. The van der Waals surface area contributed by atoms with Gasteiger partial charge < -0.3 is 19.7 Å². The molecule has 0 saturated carbocycles. The lowest BCUT2D eigenvalue weighted by molar-refractivity contribution is -0.167. The van der Waals surface area contributed by atoms with E-state index in [0.29, 0.717) is 6.61 Å². The van der Waals surface area contributed by atoms with Crippen molar-refractivity contribution >= 4 is 11.8 Å². The molecule has 3 rings (SSSR count). The highest BCUT2D eigenvalue weighted by Gasteiger charge is 2.42. The van der Waals surface area contributed by atoms with Gasteiger partial charge in [-0.1, -0.05) is 30.3 Å². The van der Waals surface area contributed by atoms with Gasteiger partial charge in [-0.2, -0.15) is 5.10 Å². The van der Waals surface area contributed by atoms with Crippen molar-refractivity contribution in [1.82, 2.24) is 20.4 Å². The Morgan fingerprint density at radius 2 is 2.14 bits per heavy atom. The van der Waals surface area contributed by atoms with E-state index in [2.05, 4.69) is 15.5 Å². The predicted molar refractivity (Wildman–Crippen MR) is 102 cm³/mol. The second kappa shape index (κ2) is 8.99. The molecule has 0 spiro atoms. The lowest BCUT2D eigenvalue weighted by atomic mass is 9.96. The maximum absolute atomic E-state index is 12.9. The Morgan fingerprint density at radius 1 is 1.39 bits per heavy atom. The second-order valence-electron chi connectivity index (χ2n) is 7.02. The third-order valence-corrected chi connectivity index (χ3v) is 4.65. The molecule has 0 radical (unpaired) electrons. The van der Waals surface area contributed by atoms with Gasteiger partial charge in [-0.25, -0.2) is 0 Å². The summed E-state index contributed by atoms with van der Waals surface area (Å²) in [5.74, 6) is -0.388. The van der Waals surface area contributed by atoms with Crippen molar-refractivity contribution in [2.75, 3.05) is 13.7 Å². The summed E-state index contributed by atoms with van der Waals surface area (Å²) >= 11 is 0. The Morgan fingerprint density at radius 3 is 2.82 bits per heavy atom. The van der Waals surface area contributed by atoms with Crippen molar-refractivity contribution in [3.8, 4) is 0 Å². The summed E-state index contributed by atoms with van der Waals surface area (Å²) in [6, 6.07) is 10.8. The molecule has 2 N–H and O–H groups in total. The zero-order chi connectivity index (χ0) is 20.1. The molecule has 2 amide bonds. The van der Waals surface area contributed by atoms with Crippen LogP contribution in [0.4, 0.5) is 0 Å². The fourth-order valence-corrected chi connectivity index (χ4v) is 3.45. The molecule has 1 fully saturated rings. The van der Waals surface area contributed by atoms with Crippen LogP contribution in [0.1, 0.15) is 36.8 Å². The highest BCUT2D eigenvalue weighted by atomic mass is 16.5. The minimum absolute atomic E-state index is 0.0545. The van der Waals surface area contributed by atoms with Crippen molar-refractivity contribution in [1.29, 1.82) is 0 Å². The van der Waals surface area contributed by atoms with Crippen molar-refractivity contribution < 1.29 is 19.1 Å². The highest BCUT2D eigenvalue weighted by molar-refractivity contribution is 5.86. The number of amides is 2. The number of morpholine rings is 1. The average Bonchev–Trinajstić information content (AvgIpc) is 3.14. The van der Waals surface area contributed by atoms with E-state index >= 15 is 0 Å². The number of hydrogen-bond donors (Lipinski definition) is 2. The summed E-state index contributed by atoms with van der Waals surface area (Å²) < 4.78 is 10.7. The number of H-pyrrole nitrogens is 1. The van der Waals surface area contributed by atoms with Crippen LogP contribution >= 0.6 is 0 Å². The number of benzene rings is 1. The number of hydrogen-bond acceptors (Lipinski definition) is 5. The van der Waals surface area contributed by atoms with Crippen LogP contribution in [0.5, 0.6) is 0 Å². The summed E-state index contributed by atoms with van der Waals surface area (Å²) in [4.78, 5) is 27.1. The van der Waals surface area contributed by atoms with Crippen LogP contribution in [-0.4, -0.2) is 52.8 Å². The monoisotopic (exact) mass is 386 g/mol. The van der Waals surface area contributed by atoms with E-state index in [1.54, 1.807) is 12.0 Å². The van der Waals surface area contributed by atoms with Gasteiger partial charge >= 0.3 is 0 Å². The predicted octanol–water partition coefficient (Wildman–Crippen LogP) is 1.55. The molecule has 0 bridgehead atoms. The van der Waals surface area contributed by atoms with Crippen LogP contribution in [0, 0.1) is 0 Å². The quantitative estimate of drug-likeness (QED) is 0.753. The average molecular weight is 386 g/mol. The smallest absolute Gasteiger partial charge is 0.252 e. The maximum Gasteiger partial charge on any atom is 0.252 e. The van der Waals surface area contributed by atoms with Crippen LogP contribution in [0.2, 0.25) is 0 Å². The molecule has 150 valence electrons. The summed E-state index contributed by atoms with van der Waals surface area (Å²) in [5, 5.41) is 9.88. The van der Waals surface area contributed by atoms with Gasteiger partial charge in [0.2, 0.25) is 5.91 Å². The summed E-state index contributed by atoms with van der Waals surface area (Å²) in [7, 11) is 1.60. The van der Waals surface area contributed by atoms with E-state index < -0.39 is 12.1 Å². The first kappa shape index (κ1) is 20.0. The number of carbonyl (C=O) groups excluding carboxylic acids is 2. The Kier molecular flexibility index (Phi) is 6.43. The summed E-state index contributed by atoms with van der Waals surface area (Å²) in [6.07, 6.45) is -0.788. The van der Waals surface area contributed by atoms with Gasteiger partial charge in [0.15, 0.2) is 6.10 Å². The maximum atomic E-state index is 12.9. The molecular formula is C20H26N4O4. The largest absolute Gasteiger partial charge is 0.378 e. The van der Waals surface area contributed by atoms with Crippen molar-refractivity contribution in [2.45, 2.75) is 45.2 Å². The van der Waals surface area contributed by atoms with Crippen LogP contribution in [0.3, 0.4) is 0 Å². The van der Waals surface area contributed by atoms with E-state index in [4.69, 9.17) is 9.47 Å². The molecule has 8 heteroatoms. The number of aromatic nitrogens is 2. The van der Waals surface area contributed by atoms with E-state index in [-0.39, 0.29) is 31.0 Å². The molecule has 8 nitrogen and oxygen atoms in total. The highest BCUT2D eigenvalue weighted by Crippen LogP contribution is 2.32. The fourth-order valence-electron chi connectivity index (χ4n) is 3.45. The minimum Gasteiger partial charge on any atom is -0.378 e. The van der Waals surface area contributed by atoms with Gasteiger partial charge in [0, 0.05) is 13.2 Å². The van der Waals surface area contributed by atoms with Crippen molar-refractivity contribution in [2.24, 2.45) is 0 Å². The zero-order valence-corrected chi connectivity index (χ0v) is 16.3. The van der Waals surface area contributed by atoms with Crippen molar-refractivity contribution in [3.63, 3.8) is 0 Å². The topological polar surface area (TPSA) is 96.5 Å². The molecule has 1 aromatic carbocycles. The number of carbonyl (C=O) groups is 2. The molecule has 2 aromatic rings. The first-order valence-electron chi connectivity index (χ1n) is 9.28. The molecule has 1 saturated heterocycles. The van der Waals surface area contributed by atoms with Crippen LogP contribution in [-0.2, 0) is 32.2 Å². The zero-order valence-electron chi connectivity index (χ0n) is 16.3. The molecule has 28 heavy (non-hydrogen) atoms. The van der Waals surface area contributed by atoms with Crippen molar-refractivity contribution in [3.05, 3.63) is 53.3 Å². The molecule has 1 aliphatic heterocycles. The molecule has 1 aromatic heterocycles. The summed E-state index contributed by atoms with van der Waals surface area (Å²) in [6.45, 7) is 4.46. The van der Waals surface area contributed by atoms with E-state index in [1.165, 1.54) is 0 Å². The standard InChI is InChI=1S/C20H26N4O4/c1-13(2)24-17(25)12-28-19(18(24)14-7-5-4-6-8-14)20(26)21-10-15-9-16(11-27-3)23-22-15/h4-9,13,18-19H,10-12H2,1-3H3,(H,21,26)(H,22,23)/t18-,19+/m1/s1. The van der Waals surface area contributed by atoms with Crippen LogP contribution in [0.15, 0.2) is 36.4 Å².